The molecule has 0 saturated carbocycles. The number of hydrogen-bond acceptors (Lipinski definition) is 25. The molecule has 1 saturated heterocycles. The summed E-state index contributed by atoms with van der Waals surface area (Å²) >= 11 is 0. The molecule has 1 fully saturated rings. The Labute approximate surface area is 605 Å². The van der Waals surface area contributed by atoms with E-state index in [0.717, 1.165) is 17.9 Å². The van der Waals surface area contributed by atoms with Gasteiger partial charge in [0.2, 0.25) is 11.8 Å². The maximum atomic E-state index is 14.3. The first-order valence-corrected chi connectivity index (χ1v) is 37.2. The Kier molecular flexibility index (Phi) is 41.3. The third-order valence-electron chi connectivity index (χ3n) is 18.5. The van der Waals surface area contributed by atoms with Gasteiger partial charge in [0.15, 0.2) is 6.29 Å². The van der Waals surface area contributed by atoms with Gasteiger partial charge in [-0.05, 0) is 170 Å². The van der Waals surface area contributed by atoms with Crippen molar-refractivity contribution in [3.8, 4) is 0 Å². The van der Waals surface area contributed by atoms with Gasteiger partial charge in [-0.25, -0.2) is 4.98 Å². The molecular formula is C71H122N4O24S2. The first-order chi connectivity index (χ1) is 47.0. The highest BCUT2D eigenvalue weighted by molar-refractivity contribution is 8.76. The molecule has 2 amide bonds. The molecule has 0 aromatic carbocycles. The number of nitrogens with one attached hydrogen (secondary N) is 2. The summed E-state index contributed by atoms with van der Waals surface area (Å²) in [6.45, 7) is 24.8. The molecule has 101 heavy (non-hydrogen) atoms. The van der Waals surface area contributed by atoms with Gasteiger partial charge in [-0.3, -0.25) is 43.2 Å². The average Bonchev–Trinajstić information content (AvgIpc) is 0.795. The number of aliphatic hydroxyl groups is 4. The minimum Gasteiger partial charge on any atom is -0.481 e. The Balaban J connectivity index is 0.00000137. The number of aliphatic carboxylic acids is 3. The molecule has 1 aromatic heterocycles. The summed E-state index contributed by atoms with van der Waals surface area (Å²) in [6, 6.07) is 4.37. The van der Waals surface area contributed by atoms with Crippen LogP contribution in [0.4, 0.5) is 0 Å². The summed E-state index contributed by atoms with van der Waals surface area (Å²) in [7, 11) is 6.61. The first kappa shape index (κ1) is 93.7. The van der Waals surface area contributed by atoms with E-state index in [-0.39, 0.29) is 117 Å². The number of pyridine rings is 1. The standard InChI is InChI=1S/C47H77N3O18S2.C24H45NO6/c1-10-44(6,40(59)60)28-47(9,42(62)67-23-24-69-70-33-13-11-12-16-48-33)29-45(7,38(56)49-25-30(2)52)14-15-46(8,27-43(4,5)39(57)58)41(61)66-22-20-64-18-17-63-19-21-65-37-34(50-31(3)53)36(55)35(54)32(26-51)68-37;1-9-12-15-30-21(29)24(6,18-23(5,13-10-2)19(26)27)17-22(4,11-3)20(28)31-16-14-25(7)8/h11-13,16,30,32,34-37,51-52,54-55H,10,14-15,17-29H2,1-9H3,(H,49,56)(H,50,53)(H,57,58)(H,59,60);9-18H2,1-8H3,(H,26,27)/t30?,32-,34-,35+,36-,37-,44?,45?,46?,47?;/m1./s1. The molecule has 8 unspecified atom stereocenters. The Morgan fingerprint density at radius 3 is 1.61 bits per heavy atom. The zero-order valence-electron chi connectivity index (χ0n) is 62.9. The van der Waals surface area contributed by atoms with Crippen LogP contribution in [0.1, 0.15) is 187 Å². The minimum atomic E-state index is -1.57. The molecule has 0 radical (unpaired) electrons. The number of carbonyl (C=O) groups is 9. The number of unbranched alkanes of at least 4 members (excludes halogenated alkanes) is 1. The molecular weight excluding hydrogens is 1360 g/mol. The Morgan fingerprint density at radius 2 is 1.11 bits per heavy atom. The van der Waals surface area contributed by atoms with E-state index in [1.807, 2.05) is 51.9 Å². The van der Waals surface area contributed by atoms with Crippen LogP contribution in [0.3, 0.4) is 0 Å². The number of likely N-dealkylation sites (N-methyl/N-ethyl adjacent to an activating group) is 1. The third-order valence-corrected chi connectivity index (χ3v) is 20.7. The Bertz CT molecular complexity index is 2740. The molecule has 9 N–H and O–H groups in total. The summed E-state index contributed by atoms with van der Waals surface area (Å²) < 4.78 is 44.8. The van der Waals surface area contributed by atoms with Gasteiger partial charge in [-0.1, -0.05) is 64.3 Å². The predicted octanol–water partition coefficient (Wildman–Crippen LogP) is 7.51. The van der Waals surface area contributed by atoms with E-state index in [1.165, 1.54) is 56.2 Å². The van der Waals surface area contributed by atoms with Crippen molar-refractivity contribution in [2.45, 2.75) is 229 Å². The number of hydrogen-bond donors (Lipinski definition) is 9. The highest BCUT2D eigenvalue weighted by atomic mass is 33.1. The van der Waals surface area contributed by atoms with Gasteiger partial charge in [0, 0.05) is 37.4 Å². The summed E-state index contributed by atoms with van der Waals surface area (Å²) in [5.74, 6) is -6.24. The second-order valence-electron chi connectivity index (χ2n) is 29.4. The zero-order chi connectivity index (χ0) is 77.2. The lowest BCUT2D eigenvalue weighted by atomic mass is 9.61. The number of carbonyl (C=O) groups excluding carboxylic acids is 6. The lowest BCUT2D eigenvalue weighted by Crippen LogP contribution is -2.64. The summed E-state index contributed by atoms with van der Waals surface area (Å²) in [5, 5.41) is 76.6. The van der Waals surface area contributed by atoms with Crippen LogP contribution >= 0.6 is 21.6 Å². The second-order valence-corrected chi connectivity index (χ2v) is 31.9. The molecule has 0 aliphatic carbocycles. The number of esters is 4. The van der Waals surface area contributed by atoms with Crippen molar-refractivity contribution in [2.75, 3.05) is 99.0 Å². The Morgan fingerprint density at radius 1 is 0.604 bits per heavy atom. The van der Waals surface area contributed by atoms with Crippen LogP contribution in [0.2, 0.25) is 0 Å². The van der Waals surface area contributed by atoms with Crippen molar-refractivity contribution in [1.82, 2.24) is 20.5 Å². The molecule has 13 atom stereocenters. The summed E-state index contributed by atoms with van der Waals surface area (Å²) in [4.78, 5) is 124. The fraction of sp³-hybridized carbons (Fsp3) is 0.803. The van der Waals surface area contributed by atoms with Crippen molar-refractivity contribution in [3.05, 3.63) is 24.4 Å². The summed E-state index contributed by atoms with van der Waals surface area (Å²) in [6.07, 6.45) is -1.73. The fourth-order valence-electron chi connectivity index (χ4n) is 12.3. The van der Waals surface area contributed by atoms with E-state index in [9.17, 15) is 78.9 Å². The SMILES string of the molecule is CCC(C)(CC(C)(CC(C)(CCC(C)(CC(C)(C)C(=O)O)C(=O)OCCOCCOCCO[C@@H]1O[C@H](CO)[C@H](O)[C@H](O)[C@H]1NC(C)=O)C(=O)NCC(C)O)C(=O)OCCSSc1ccccn1)C(=O)O.CCCCOC(=O)C(C)(CC(C)(CCC)C(=O)O)CC(C)(CC)C(=O)OCCN(C)C. The lowest BCUT2D eigenvalue weighted by molar-refractivity contribution is -0.272. The van der Waals surface area contributed by atoms with Crippen molar-refractivity contribution in [3.63, 3.8) is 0 Å². The van der Waals surface area contributed by atoms with Gasteiger partial charge in [-0.2, -0.15) is 0 Å². The second kappa shape index (κ2) is 44.5. The third kappa shape index (κ3) is 31.5. The molecule has 1 aromatic rings. The normalized spacial score (nSPS) is 20.7. The Hall–Kier alpha value is -5.28. The number of ether oxygens (including phenoxy) is 8. The lowest BCUT2D eigenvalue weighted by Gasteiger charge is -2.42. The van der Waals surface area contributed by atoms with E-state index < -0.39 is 134 Å². The number of nitrogens with zero attached hydrogens (tertiary/aromatic N) is 2. The van der Waals surface area contributed by atoms with Crippen LogP contribution in [0.25, 0.3) is 0 Å². The number of carboxylic acids is 3. The van der Waals surface area contributed by atoms with Crippen LogP contribution in [-0.4, -0.2) is 235 Å². The van der Waals surface area contributed by atoms with Crippen molar-refractivity contribution >= 4 is 75.2 Å². The van der Waals surface area contributed by atoms with E-state index in [2.05, 4.69) is 15.6 Å². The highest BCUT2D eigenvalue weighted by Gasteiger charge is 2.54. The van der Waals surface area contributed by atoms with Gasteiger partial charge in [-0.15, -0.1) is 0 Å². The topological polar surface area (TPSA) is 409 Å². The van der Waals surface area contributed by atoms with Gasteiger partial charge in [0.05, 0.1) is 90.3 Å². The largest absolute Gasteiger partial charge is 0.481 e. The zero-order valence-corrected chi connectivity index (χ0v) is 64.6. The number of amides is 2. The van der Waals surface area contributed by atoms with Crippen LogP contribution in [-0.2, 0) is 81.0 Å². The van der Waals surface area contributed by atoms with Crippen molar-refractivity contribution < 1.29 is 117 Å². The molecule has 0 bridgehead atoms. The molecule has 582 valence electrons. The average molecular weight is 1480 g/mol. The first-order valence-electron chi connectivity index (χ1n) is 34.9. The molecule has 30 heteroatoms. The monoisotopic (exact) mass is 1480 g/mol. The molecule has 2 heterocycles. The van der Waals surface area contributed by atoms with Crippen LogP contribution in [0.15, 0.2) is 29.4 Å². The maximum absolute atomic E-state index is 14.3. The minimum absolute atomic E-state index is 0.0229. The fourth-order valence-corrected chi connectivity index (χ4v) is 14.0. The maximum Gasteiger partial charge on any atom is 0.311 e. The van der Waals surface area contributed by atoms with Crippen LogP contribution in [0.5, 0.6) is 0 Å². The smallest absolute Gasteiger partial charge is 0.311 e. The highest BCUT2D eigenvalue weighted by Crippen LogP contribution is 2.50. The van der Waals surface area contributed by atoms with Gasteiger partial charge in [0.1, 0.15) is 49.2 Å². The number of aromatic nitrogens is 1. The van der Waals surface area contributed by atoms with Crippen molar-refractivity contribution in [2.24, 2.45) is 43.3 Å². The van der Waals surface area contributed by atoms with Crippen molar-refractivity contribution in [1.29, 1.82) is 0 Å². The number of rotatable bonds is 50. The van der Waals surface area contributed by atoms with Gasteiger partial charge >= 0.3 is 41.8 Å². The van der Waals surface area contributed by atoms with Crippen LogP contribution in [0, 0.1) is 43.3 Å². The number of aliphatic hydroxyl groups excluding tert-OH is 4. The quantitative estimate of drug-likeness (QED) is 0.0132. The van der Waals surface area contributed by atoms with Gasteiger partial charge < -0.3 is 89.2 Å². The molecule has 1 aliphatic rings. The van der Waals surface area contributed by atoms with E-state index in [1.54, 1.807) is 60.7 Å². The molecule has 28 nitrogen and oxygen atoms in total. The van der Waals surface area contributed by atoms with Gasteiger partial charge in [0.25, 0.3) is 0 Å². The number of carboxylic acid groups (broad SMARTS) is 3. The molecule has 2 rings (SSSR count). The molecule has 1 aliphatic heterocycles. The van der Waals surface area contributed by atoms with E-state index >= 15 is 0 Å². The van der Waals surface area contributed by atoms with Crippen LogP contribution < -0.4 is 10.6 Å². The van der Waals surface area contributed by atoms with E-state index in [4.69, 9.17) is 37.9 Å². The van der Waals surface area contributed by atoms with E-state index in [0.29, 0.717) is 38.2 Å². The predicted molar refractivity (Wildman–Crippen MR) is 379 cm³/mol. The molecule has 0 spiro atoms. The summed E-state index contributed by atoms with van der Waals surface area (Å²) in [5.41, 5.74) is -10.6.